The Labute approximate surface area is 102 Å². The van der Waals surface area contributed by atoms with Crippen LogP contribution in [-0.2, 0) is 0 Å². The standard InChI is InChI=1S/C14H19NO2/c16-12-13-4-6-14(7-5-13)17-11-10-15-8-2-1-3-9-15/h4-7,12H,1-3,8-11H2. The van der Waals surface area contributed by atoms with E-state index in [0.29, 0.717) is 5.56 Å². The fourth-order valence-electron chi connectivity index (χ4n) is 2.12. The van der Waals surface area contributed by atoms with Crippen LogP contribution in [-0.4, -0.2) is 37.4 Å². The smallest absolute Gasteiger partial charge is 0.150 e. The first kappa shape index (κ1) is 12.1. The van der Waals surface area contributed by atoms with Gasteiger partial charge in [-0.1, -0.05) is 6.42 Å². The molecule has 3 heteroatoms. The highest BCUT2D eigenvalue weighted by atomic mass is 16.5. The van der Waals surface area contributed by atoms with Gasteiger partial charge in [-0.25, -0.2) is 0 Å². The molecule has 0 spiro atoms. The highest BCUT2D eigenvalue weighted by Crippen LogP contribution is 2.12. The Bertz CT molecular complexity index is 342. The van der Waals surface area contributed by atoms with Crippen molar-refractivity contribution in [1.82, 2.24) is 4.90 Å². The molecule has 1 saturated heterocycles. The number of nitrogens with zero attached hydrogens (tertiary/aromatic N) is 1. The molecule has 2 rings (SSSR count). The minimum absolute atomic E-state index is 0.688. The number of ether oxygens (including phenoxy) is 1. The molecule has 0 N–H and O–H groups in total. The van der Waals surface area contributed by atoms with Crippen LogP contribution >= 0.6 is 0 Å². The summed E-state index contributed by atoms with van der Waals surface area (Å²) in [7, 11) is 0. The van der Waals surface area contributed by atoms with Crippen LogP contribution in [0.15, 0.2) is 24.3 Å². The minimum Gasteiger partial charge on any atom is -0.492 e. The first-order valence-corrected chi connectivity index (χ1v) is 6.29. The fourth-order valence-corrected chi connectivity index (χ4v) is 2.12. The molecule has 1 heterocycles. The number of piperidine rings is 1. The van der Waals surface area contributed by atoms with Crippen LogP contribution in [0.3, 0.4) is 0 Å². The monoisotopic (exact) mass is 233 g/mol. The Morgan fingerprint density at radius 2 is 1.82 bits per heavy atom. The predicted octanol–water partition coefficient (Wildman–Crippen LogP) is 2.36. The third kappa shape index (κ3) is 3.86. The molecule has 0 radical (unpaired) electrons. The van der Waals surface area contributed by atoms with Crippen molar-refractivity contribution in [2.75, 3.05) is 26.2 Å². The van der Waals surface area contributed by atoms with Gasteiger partial charge in [0.05, 0.1) is 0 Å². The molecule has 1 aromatic rings. The molecule has 0 saturated carbocycles. The Hall–Kier alpha value is -1.35. The molecular formula is C14H19NO2. The molecule has 1 aliphatic heterocycles. The number of carbonyl (C=O) groups is 1. The second-order valence-corrected chi connectivity index (χ2v) is 4.44. The van der Waals surface area contributed by atoms with Crippen LogP contribution in [0.5, 0.6) is 5.75 Å². The van der Waals surface area contributed by atoms with E-state index in [0.717, 1.165) is 25.2 Å². The molecule has 1 fully saturated rings. The number of likely N-dealkylation sites (tertiary alicyclic amines) is 1. The van der Waals surface area contributed by atoms with E-state index in [2.05, 4.69) is 4.90 Å². The Morgan fingerprint density at radius 1 is 1.12 bits per heavy atom. The summed E-state index contributed by atoms with van der Waals surface area (Å²) >= 11 is 0. The van der Waals surface area contributed by atoms with Gasteiger partial charge in [0, 0.05) is 12.1 Å². The SMILES string of the molecule is O=Cc1ccc(OCCN2CCCCC2)cc1. The average molecular weight is 233 g/mol. The lowest BCUT2D eigenvalue weighted by Gasteiger charge is -2.26. The number of rotatable bonds is 5. The predicted molar refractivity (Wildman–Crippen MR) is 67.6 cm³/mol. The summed E-state index contributed by atoms with van der Waals surface area (Å²) in [5.74, 6) is 0.840. The third-order valence-corrected chi connectivity index (χ3v) is 3.14. The summed E-state index contributed by atoms with van der Waals surface area (Å²) in [6, 6.07) is 7.26. The van der Waals surface area contributed by atoms with E-state index in [9.17, 15) is 4.79 Å². The first-order chi connectivity index (χ1) is 8.38. The average Bonchev–Trinajstić information content (AvgIpc) is 2.41. The number of hydrogen-bond acceptors (Lipinski definition) is 3. The van der Waals surface area contributed by atoms with E-state index < -0.39 is 0 Å². The van der Waals surface area contributed by atoms with Crippen molar-refractivity contribution in [2.24, 2.45) is 0 Å². The van der Waals surface area contributed by atoms with Crippen molar-refractivity contribution in [3.63, 3.8) is 0 Å². The highest BCUT2D eigenvalue weighted by Gasteiger charge is 2.09. The Kier molecular flexibility index (Phi) is 4.56. The number of aldehydes is 1. The van der Waals surface area contributed by atoms with E-state index >= 15 is 0 Å². The lowest BCUT2D eigenvalue weighted by molar-refractivity contribution is 0.112. The summed E-state index contributed by atoms with van der Waals surface area (Å²) in [5.41, 5.74) is 0.688. The van der Waals surface area contributed by atoms with E-state index in [1.165, 1.54) is 32.4 Å². The lowest BCUT2D eigenvalue weighted by Crippen LogP contribution is -2.33. The second-order valence-electron chi connectivity index (χ2n) is 4.44. The first-order valence-electron chi connectivity index (χ1n) is 6.29. The maximum absolute atomic E-state index is 10.5. The van der Waals surface area contributed by atoms with Crippen molar-refractivity contribution in [3.8, 4) is 5.75 Å². The van der Waals surface area contributed by atoms with Gasteiger partial charge in [0.1, 0.15) is 18.6 Å². The molecular weight excluding hydrogens is 214 g/mol. The van der Waals surface area contributed by atoms with Crippen molar-refractivity contribution in [1.29, 1.82) is 0 Å². The third-order valence-electron chi connectivity index (χ3n) is 3.14. The van der Waals surface area contributed by atoms with Crippen LogP contribution in [0.25, 0.3) is 0 Å². The Morgan fingerprint density at radius 3 is 2.47 bits per heavy atom. The van der Waals surface area contributed by atoms with Crippen molar-refractivity contribution >= 4 is 6.29 Å². The van der Waals surface area contributed by atoms with E-state index in [-0.39, 0.29) is 0 Å². The maximum Gasteiger partial charge on any atom is 0.150 e. The summed E-state index contributed by atoms with van der Waals surface area (Å²) in [6.07, 6.45) is 4.84. The normalized spacial score (nSPS) is 16.7. The highest BCUT2D eigenvalue weighted by molar-refractivity contribution is 5.74. The second kappa shape index (κ2) is 6.40. The Balaban J connectivity index is 1.71. The van der Waals surface area contributed by atoms with Crippen LogP contribution in [0.2, 0.25) is 0 Å². The molecule has 92 valence electrons. The van der Waals surface area contributed by atoms with Gasteiger partial charge in [0.15, 0.2) is 0 Å². The quantitative estimate of drug-likeness (QED) is 0.731. The summed E-state index contributed by atoms with van der Waals surface area (Å²) in [5, 5.41) is 0. The van der Waals surface area contributed by atoms with Crippen LogP contribution in [0, 0.1) is 0 Å². The number of carbonyl (C=O) groups excluding carboxylic acids is 1. The summed E-state index contributed by atoms with van der Waals surface area (Å²) < 4.78 is 5.65. The zero-order valence-corrected chi connectivity index (χ0v) is 10.1. The molecule has 1 aromatic carbocycles. The molecule has 3 nitrogen and oxygen atoms in total. The molecule has 0 unspecified atom stereocenters. The molecule has 1 aliphatic rings. The molecule has 0 aromatic heterocycles. The van der Waals surface area contributed by atoms with Crippen molar-refractivity contribution in [3.05, 3.63) is 29.8 Å². The van der Waals surface area contributed by atoms with E-state index in [4.69, 9.17) is 4.74 Å². The fraction of sp³-hybridized carbons (Fsp3) is 0.500. The van der Waals surface area contributed by atoms with Crippen molar-refractivity contribution in [2.45, 2.75) is 19.3 Å². The maximum atomic E-state index is 10.5. The zero-order chi connectivity index (χ0) is 11.9. The summed E-state index contributed by atoms with van der Waals surface area (Å²) in [6.45, 7) is 4.12. The topological polar surface area (TPSA) is 29.5 Å². The van der Waals surface area contributed by atoms with Gasteiger partial charge in [0.2, 0.25) is 0 Å². The number of benzene rings is 1. The molecule has 0 aliphatic carbocycles. The van der Waals surface area contributed by atoms with Crippen LogP contribution in [0.4, 0.5) is 0 Å². The molecule has 0 amide bonds. The van der Waals surface area contributed by atoms with E-state index in [1.54, 1.807) is 12.1 Å². The van der Waals surface area contributed by atoms with Gasteiger partial charge in [-0.15, -0.1) is 0 Å². The van der Waals surface area contributed by atoms with Gasteiger partial charge in [-0.3, -0.25) is 9.69 Å². The van der Waals surface area contributed by atoms with Crippen molar-refractivity contribution < 1.29 is 9.53 Å². The molecule has 17 heavy (non-hydrogen) atoms. The van der Waals surface area contributed by atoms with Gasteiger partial charge in [-0.05, 0) is 50.2 Å². The van der Waals surface area contributed by atoms with Gasteiger partial charge in [0.25, 0.3) is 0 Å². The number of hydrogen-bond donors (Lipinski definition) is 0. The zero-order valence-electron chi connectivity index (χ0n) is 10.1. The van der Waals surface area contributed by atoms with Crippen LogP contribution in [0.1, 0.15) is 29.6 Å². The van der Waals surface area contributed by atoms with E-state index in [1.807, 2.05) is 12.1 Å². The van der Waals surface area contributed by atoms with Crippen LogP contribution < -0.4 is 4.74 Å². The summed E-state index contributed by atoms with van der Waals surface area (Å²) in [4.78, 5) is 12.9. The van der Waals surface area contributed by atoms with Gasteiger partial charge < -0.3 is 4.74 Å². The largest absolute Gasteiger partial charge is 0.492 e. The van der Waals surface area contributed by atoms with Gasteiger partial charge >= 0.3 is 0 Å². The molecule has 0 atom stereocenters. The minimum atomic E-state index is 0.688. The van der Waals surface area contributed by atoms with Gasteiger partial charge in [-0.2, -0.15) is 0 Å². The molecule has 0 bridgehead atoms. The lowest BCUT2D eigenvalue weighted by atomic mass is 10.1.